The minimum atomic E-state index is -4.50. The molecule has 2 fully saturated rings. The third-order valence-electron chi connectivity index (χ3n) is 4.56. The average Bonchev–Trinajstić information content (AvgIpc) is 3.33. The number of piperidine rings is 1. The van der Waals surface area contributed by atoms with Crippen molar-refractivity contribution in [3.05, 3.63) is 23.0 Å². The van der Waals surface area contributed by atoms with Gasteiger partial charge in [0.05, 0.1) is 15.6 Å². The van der Waals surface area contributed by atoms with Crippen LogP contribution in [0.25, 0.3) is 10.6 Å². The van der Waals surface area contributed by atoms with Crippen molar-refractivity contribution in [2.45, 2.75) is 50.1 Å². The molecule has 4 rings (SSSR count). The first kappa shape index (κ1) is 18.9. The Kier molecular flexibility index (Phi) is 5.30. The summed E-state index contributed by atoms with van der Waals surface area (Å²) in [5.74, 6) is 0.248. The zero-order chi connectivity index (χ0) is 19.0. The monoisotopic (exact) mass is 415 g/mol. The van der Waals surface area contributed by atoms with Gasteiger partial charge in [-0.25, -0.2) is 15.0 Å². The van der Waals surface area contributed by atoms with E-state index in [4.69, 9.17) is 0 Å². The van der Waals surface area contributed by atoms with Gasteiger partial charge in [0.1, 0.15) is 5.56 Å². The van der Waals surface area contributed by atoms with Gasteiger partial charge in [-0.1, -0.05) is 11.9 Å². The molecule has 0 amide bonds. The molecule has 10 heteroatoms. The molecule has 0 atom stereocenters. The van der Waals surface area contributed by atoms with Crippen LogP contribution in [-0.2, 0) is 6.18 Å². The molecule has 1 saturated carbocycles. The molecule has 2 aromatic heterocycles. The number of hydrogen-bond donors (Lipinski definition) is 1. The quantitative estimate of drug-likeness (QED) is 0.720. The second kappa shape index (κ2) is 7.56. The van der Waals surface area contributed by atoms with Gasteiger partial charge >= 0.3 is 6.18 Å². The van der Waals surface area contributed by atoms with E-state index in [9.17, 15) is 13.2 Å². The van der Waals surface area contributed by atoms with Gasteiger partial charge in [0.25, 0.3) is 0 Å². The topological polar surface area (TPSA) is 53.9 Å². The largest absolute Gasteiger partial charge is 0.420 e. The van der Waals surface area contributed by atoms with Gasteiger partial charge in [-0.05, 0) is 32.6 Å². The van der Waals surface area contributed by atoms with Crippen molar-refractivity contribution < 1.29 is 13.2 Å². The lowest BCUT2D eigenvalue weighted by atomic mass is 10.1. The van der Waals surface area contributed by atoms with Crippen LogP contribution in [0, 0.1) is 6.92 Å². The molecule has 2 aromatic rings. The molecule has 0 spiro atoms. The fourth-order valence-electron chi connectivity index (χ4n) is 2.99. The molecule has 3 heterocycles. The Morgan fingerprint density at radius 1 is 1.15 bits per heavy atom. The third-order valence-corrected chi connectivity index (χ3v) is 6.91. The molecule has 5 nitrogen and oxygen atoms in total. The van der Waals surface area contributed by atoms with E-state index in [2.05, 4.69) is 24.6 Å². The minimum absolute atomic E-state index is 0.104. The van der Waals surface area contributed by atoms with E-state index in [1.54, 1.807) is 6.92 Å². The second-order valence-electron chi connectivity index (χ2n) is 6.85. The maximum absolute atomic E-state index is 13.4. The molecule has 0 bridgehead atoms. The van der Waals surface area contributed by atoms with Crippen molar-refractivity contribution in [1.29, 1.82) is 0 Å². The third kappa shape index (κ3) is 4.72. The van der Waals surface area contributed by atoms with Crippen LogP contribution in [0.2, 0.25) is 0 Å². The fourth-order valence-corrected chi connectivity index (χ4v) is 4.96. The molecule has 1 N–H and O–H groups in total. The number of aromatic nitrogens is 3. The summed E-state index contributed by atoms with van der Waals surface area (Å²) in [5, 5.41) is 4.72. The number of hydrogen-bond acceptors (Lipinski definition) is 7. The first-order valence-electron chi connectivity index (χ1n) is 8.94. The molecule has 1 saturated heterocycles. The molecule has 1 aliphatic heterocycles. The summed E-state index contributed by atoms with van der Waals surface area (Å²) >= 11 is 3.14. The first-order chi connectivity index (χ1) is 12.9. The van der Waals surface area contributed by atoms with Crippen molar-refractivity contribution in [1.82, 2.24) is 19.3 Å². The highest BCUT2D eigenvalue weighted by molar-refractivity contribution is 7.97. The number of thiazole rings is 1. The SMILES string of the molecule is Cc1ncc(-c2nc(NC3CCN(SC4CC4)CC3)ncc2C(F)(F)F)s1. The lowest BCUT2D eigenvalue weighted by molar-refractivity contribution is -0.137. The zero-order valence-corrected chi connectivity index (χ0v) is 16.4. The summed E-state index contributed by atoms with van der Waals surface area (Å²) in [6.07, 6.45) is 2.28. The number of anilines is 1. The summed E-state index contributed by atoms with van der Waals surface area (Å²) < 4.78 is 42.5. The van der Waals surface area contributed by atoms with Gasteiger partial charge in [-0.15, -0.1) is 11.3 Å². The summed E-state index contributed by atoms with van der Waals surface area (Å²) in [5.41, 5.74) is -0.931. The van der Waals surface area contributed by atoms with Crippen molar-refractivity contribution in [3.63, 3.8) is 0 Å². The highest BCUT2D eigenvalue weighted by Gasteiger charge is 2.36. The molecule has 0 unspecified atom stereocenters. The van der Waals surface area contributed by atoms with Gasteiger partial charge in [-0.2, -0.15) is 13.2 Å². The number of nitrogens with zero attached hydrogens (tertiary/aromatic N) is 4. The van der Waals surface area contributed by atoms with Crippen LogP contribution in [0.15, 0.2) is 12.4 Å². The van der Waals surface area contributed by atoms with Crippen LogP contribution < -0.4 is 5.32 Å². The Bertz CT molecular complexity index is 798. The Morgan fingerprint density at radius 2 is 1.89 bits per heavy atom. The van der Waals surface area contributed by atoms with E-state index >= 15 is 0 Å². The Morgan fingerprint density at radius 3 is 2.48 bits per heavy atom. The zero-order valence-electron chi connectivity index (χ0n) is 14.8. The van der Waals surface area contributed by atoms with Gasteiger partial charge in [0.15, 0.2) is 0 Å². The van der Waals surface area contributed by atoms with Crippen LogP contribution in [-0.4, -0.2) is 43.6 Å². The summed E-state index contributed by atoms with van der Waals surface area (Å²) in [6, 6.07) is 0.175. The van der Waals surface area contributed by atoms with Crippen LogP contribution in [0.1, 0.15) is 36.3 Å². The fraction of sp³-hybridized carbons (Fsp3) is 0.588. The summed E-state index contributed by atoms with van der Waals surface area (Å²) in [4.78, 5) is 12.6. The highest BCUT2D eigenvalue weighted by Crippen LogP contribution is 2.39. The van der Waals surface area contributed by atoms with Gasteiger partial charge < -0.3 is 5.32 Å². The predicted octanol–water partition coefficient (Wildman–Crippen LogP) is 4.61. The number of nitrogens with one attached hydrogen (secondary N) is 1. The normalized spacial score (nSPS) is 19.4. The van der Waals surface area contributed by atoms with Gasteiger partial charge in [0, 0.05) is 36.8 Å². The Hall–Kier alpha value is -1.39. The number of aryl methyl sites for hydroxylation is 1. The lowest BCUT2D eigenvalue weighted by Gasteiger charge is -2.31. The van der Waals surface area contributed by atoms with Crippen LogP contribution in [0.3, 0.4) is 0 Å². The molecule has 1 aliphatic carbocycles. The second-order valence-corrected chi connectivity index (χ2v) is 9.48. The molecule has 27 heavy (non-hydrogen) atoms. The number of rotatable bonds is 5. The average molecular weight is 416 g/mol. The highest BCUT2D eigenvalue weighted by atomic mass is 32.2. The molecule has 0 radical (unpaired) electrons. The molecule has 2 aliphatic rings. The predicted molar refractivity (Wildman–Crippen MR) is 102 cm³/mol. The van der Waals surface area contributed by atoms with E-state index < -0.39 is 11.7 Å². The first-order valence-corrected chi connectivity index (χ1v) is 10.6. The van der Waals surface area contributed by atoms with E-state index in [0.29, 0.717) is 9.88 Å². The molecule has 0 aromatic carbocycles. The van der Waals surface area contributed by atoms with Crippen molar-refractivity contribution in [2.75, 3.05) is 18.4 Å². The minimum Gasteiger partial charge on any atom is -0.351 e. The maximum atomic E-state index is 13.4. The number of halogens is 3. The van der Waals surface area contributed by atoms with Gasteiger partial charge in [-0.3, -0.25) is 4.31 Å². The smallest absolute Gasteiger partial charge is 0.351 e. The van der Waals surface area contributed by atoms with Crippen molar-refractivity contribution >= 4 is 29.2 Å². The number of alkyl halides is 3. The lowest BCUT2D eigenvalue weighted by Crippen LogP contribution is -2.36. The van der Waals surface area contributed by atoms with E-state index in [0.717, 1.165) is 37.4 Å². The van der Waals surface area contributed by atoms with Crippen LogP contribution in [0.5, 0.6) is 0 Å². The van der Waals surface area contributed by atoms with E-state index in [1.807, 2.05) is 11.9 Å². The summed E-state index contributed by atoms with van der Waals surface area (Å²) in [6.45, 7) is 3.70. The van der Waals surface area contributed by atoms with Crippen LogP contribution >= 0.6 is 23.3 Å². The van der Waals surface area contributed by atoms with Gasteiger partial charge in [0.2, 0.25) is 5.95 Å². The van der Waals surface area contributed by atoms with E-state index in [1.165, 1.54) is 30.4 Å². The Balaban J connectivity index is 1.48. The summed E-state index contributed by atoms with van der Waals surface area (Å²) in [7, 11) is 0. The standard InChI is InChI=1S/C17H20F3N5S2/c1-10-21-9-14(26-10)15-13(17(18,19)20)8-22-16(24-15)23-11-4-6-25(7-5-11)27-12-2-3-12/h8-9,11-12H,2-7H2,1H3,(H,22,23,24). The van der Waals surface area contributed by atoms with Crippen molar-refractivity contribution in [2.24, 2.45) is 0 Å². The Labute approximate surface area is 163 Å². The van der Waals surface area contributed by atoms with Crippen LogP contribution in [0.4, 0.5) is 19.1 Å². The molecular formula is C17H20F3N5S2. The molecule has 146 valence electrons. The molecular weight excluding hydrogens is 395 g/mol. The van der Waals surface area contributed by atoms with Crippen molar-refractivity contribution in [3.8, 4) is 10.6 Å². The van der Waals surface area contributed by atoms with E-state index in [-0.39, 0.29) is 17.7 Å². The maximum Gasteiger partial charge on any atom is 0.420 e.